The van der Waals surface area contributed by atoms with Gasteiger partial charge in [-0.2, -0.15) is 0 Å². The van der Waals surface area contributed by atoms with Crippen molar-refractivity contribution < 1.29 is 28.6 Å². The number of hydrogen-bond acceptors (Lipinski definition) is 6. The fourth-order valence-corrected chi connectivity index (χ4v) is 4.94. The normalized spacial score (nSPS) is 13.6. The summed E-state index contributed by atoms with van der Waals surface area (Å²) in [5.41, 5.74) is 9.07. The Hall–Kier alpha value is -4.71. The minimum absolute atomic E-state index is 0.123. The molecule has 1 aliphatic rings. The van der Waals surface area contributed by atoms with Crippen LogP contribution in [0.4, 0.5) is 0 Å². The van der Waals surface area contributed by atoms with E-state index in [4.69, 9.17) is 14.2 Å². The van der Waals surface area contributed by atoms with E-state index >= 15 is 0 Å². The standard InChI is InChI=1S/C35H34O6/c1-8-33(36)39-19-27-10-9-24-17-25(11-13-28(24)27)29-15-23(7)30(16-22(29)6)26-12-14-31(40-34(37)20(2)3)32(18-26)41-35(38)21(4)5/h8,11-18,27H,1-2,4,9-10,19H2,3,5-7H3. The summed E-state index contributed by atoms with van der Waals surface area (Å²) in [5.74, 6) is -1.18. The van der Waals surface area contributed by atoms with Crippen LogP contribution in [0.5, 0.6) is 11.5 Å². The average molecular weight is 551 g/mol. The van der Waals surface area contributed by atoms with Crippen LogP contribution in [0.3, 0.4) is 0 Å². The highest BCUT2D eigenvalue weighted by Crippen LogP contribution is 2.40. The summed E-state index contributed by atoms with van der Waals surface area (Å²) < 4.78 is 16.2. The third-order valence-electron chi connectivity index (χ3n) is 7.18. The van der Waals surface area contributed by atoms with E-state index in [1.807, 2.05) is 13.0 Å². The van der Waals surface area contributed by atoms with E-state index in [0.29, 0.717) is 6.61 Å². The molecule has 3 aromatic rings. The first-order valence-electron chi connectivity index (χ1n) is 13.4. The fraction of sp³-hybridized carbons (Fsp3) is 0.229. The van der Waals surface area contributed by atoms with Crippen molar-refractivity contribution in [2.75, 3.05) is 6.61 Å². The van der Waals surface area contributed by atoms with Crippen LogP contribution in [-0.4, -0.2) is 24.5 Å². The molecular formula is C35H34O6. The summed E-state index contributed by atoms with van der Waals surface area (Å²) in [6.07, 6.45) is 3.07. The molecule has 0 saturated heterocycles. The molecule has 0 heterocycles. The molecule has 1 unspecified atom stereocenters. The molecular weight excluding hydrogens is 516 g/mol. The highest BCUT2D eigenvalue weighted by Gasteiger charge is 2.24. The van der Waals surface area contributed by atoms with Gasteiger partial charge in [0.05, 0.1) is 6.61 Å². The number of aryl methyl sites for hydroxylation is 3. The van der Waals surface area contributed by atoms with Gasteiger partial charge >= 0.3 is 17.9 Å². The second kappa shape index (κ2) is 12.2. The van der Waals surface area contributed by atoms with Gasteiger partial charge in [0.1, 0.15) is 0 Å². The Morgan fingerprint density at radius 2 is 1.39 bits per heavy atom. The Kier molecular flexibility index (Phi) is 8.72. The van der Waals surface area contributed by atoms with Gasteiger partial charge in [-0.3, -0.25) is 0 Å². The maximum Gasteiger partial charge on any atom is 0.338 e. The Morgan fingerprint density at radius 1 is 0.829 bits per heavy atom. The first kappa shape index (κ1) is 29.3. The number of esters is 3. The third kappa shape index (κ3) is 6.55. The molecule has 0 fully saturated rings. The zero-order valence-electron chi connectivity index (χ0n) is 24.0. The highest BCUT2D eigenvalue weighted by molar-refractivity contribution is 5.91. The van der Waals surface area contributed by atoms with Gasteiger partial charge in [0, 0.05) is 23.1 Å². The van der Waals surface area contributed by atoms with Crippen molar-refractivity contribution in [3.8, 4) is 33.8 Å². The molecule has 210 valence electrons. The molecule has 0 spiro atoms. The summed E-state index contributed by atoms with van der Waals surface area (Å²) in [6, 6.07) is 15.9. The van der Waals surface area contributed by atoms with E-state index in [9.17, 15) is 14.4 Å². The van der Waals surface area contributed by atoms with Gasteiger partial charge in [0.25, 0.3) is 0 Å². The van der Waals surface area contributed by atoms with Crippen LogP contribution < -0.4 is 9.47 Å². The Balaban J connectivity index is 1.65. The molecule has 6 nitrogen and oxygen atoms in total. The number of fused-ring (bicyclic) bond motifs is 1. The maximum atomic E-state index is 12.3. The van der Waals surface area contributed by atoms with Gasteiger partial charge in [-0.15, -0.1) is 0 Å². The van der Waals surface area contributed by atoms with Gasteiger partial charge in [-0.25, -0.2) is 14.4 Å². The molecule has 0 aliphatic heterocycles. The van der Waals surface area contributed by atoms with Crippen LogP contribution in [0.25, 0.3) is 22.3 Å². The first-order chi connectivity index (χ1) is 19.5. The van der Waals surface area contributed by atoms with Crippen molar-refractivity contribution in [3.05, 3.63) is 108 Å². The van der Waals surface area contributed by atoms with Crippen LogP contribution in [0.2, 0.25) is 0 Å². The third-order valence-corrected chi connectivity index (χ3v) is 7.18. The van der Waals surface area contributed by atoms with Crippen LogP contribution in [0.1, 0.15) is 48.4 Å². The fourth-order valence-electron chi connectivity index (χ4n) is 4.94. The largest absolute Gasteiger partial charge is 0.462 e. The van der Waals surface area contributed by atoms with Crippen molar-refractivity contribution in [3.63, 3.8) is 0 Å². The molecule has 0 amide bonds. The maximum absolute atomic E-state index is 12.3. The number of hydrogen-bond donors (Lipinski definition) is 0. The zero-order chi connectivity index (χ0) is 29.8. The Morgan fingerprint density at radius 3 is 1.98 bits per heavy atom. The lowest BCUT2D eigenvalue weighted by atomic mass is 9.90. The van der Waals surface area contributed by atoms with Crippen molar-refractivity contribution in [2.45, 2.75) is 46.5 Å². The van der Waals surface area contributed by atoms with Gasteiger partial charge in [-0.1, -0.05) is 56.1 Å². The Labute approximate surface area is 241 Å². The van der Waals surface area contributed by atoms with Crippen molar-refractivity contribution in [2.24, 2.45) is 0 Å². The first-order valence-corrected chi connectivity index (χ1v) is 13.4. The molecule has 0 bridgehead atoms. The minimum atomic E-state index is -0.615. The number of rotatable bonds is 9. The summed E-state index contributed by atoms with van der Waals surface area (Å²) in [7, 11) is 0. The van der Waals surface area contributed by atoms with E-state index in [0.717, 1.165) is 46.2 Å². The highest BCUT2D eigenvalue weighted by atomic mass is 16.6. The molecule has 4 rings (SSSR count). The van der Waals surface area contributed by atoms with E-state index < -0.39 is 17.9 Å². The van der Waals surface area contributed by atoms with E-state index in [1.165, 1.54) is 17.2 Å². The van der Waals surface area contributed by atoms with Gasteiger partial charge < -0.3 is 14.2 Å². The number of ether oxygens (including phenoxy) is 3. The second-order valence-corrected chi connectivity index (χ2v) is 10.5. The zero-order valence-corrected chi connectivity index (χ0v) is 24.0. The summed E-state index contributed by atoms with van der Waals surface area (Å²) in [4.78, 5) is 36.0. The lowest BCUT2D eigenvalue weighted by Crippen LogP contribution is -2.12. The molecule has 0 aromatic heterocycles. The van der Waals surface area contributed by atoms with Crippen molar-refractivity contribution >= 4 is 17.9 Å². The van der Waals surface area contributed by atoms with Crippen LogP contribution in [0, 0.1) is 13.8 Å². The number of carbonyl (C=O) groups is 3. The summed E-state index contributed by atoms with van der Waals surface area (Å²) in [6.45, 7) is 18.3. The topological polar surface area (TPSA) is 78.9 Å². The predicted molar refractivity (Wildman–Crippen MR) is 160 cm³/mol. The molecule has 0 saturated carbocycles. The van der Waals surface area contributed by atoms with Crippen LogP contribution >= 0.6 is 0 Å². The molecule has 1 atom stereocenters. The summed E-state index contributed by atoms with van der Waals surface area (Å²) >= 11 is 0. The summed E-state index contributed by atoms with van der Waals surface area (Å²) in [5, 5.41) is 0. The van der Waals surface area contributed by atoms with E-state index in [1.54, 1.807) is 26.0 Å². The number of carbonyl (C=O) groups excluding carboxylic acids is 3. The van der Waals surface area contributed by atoms with Crippen LogP contribution in [-0.2, 0) is 25.5 Å². The average Bonchev–Trinajstić information content (AvgIpc) is 3.35. The second-order valence-electron chi connectivity index (χ2n) is 10.5. The predicted octanol–water partition coefficient (Wildman–Crippen LogP) is 7.36. The van der Waals surface area contributed by atoms with E-state index in [2.05, 4.69) is 57.0 Å². The Bertz CT molecular complexity index is 1590. The van der Waals surface area contributed by atoms with Crippen molar-refractivity contribution in [1.29, 1.82) is 0 Å². The lowest BCUT2D eigenvalue weighted by molar-refractivity contribution is -0.138. The molecule has 41 heavy (non-hydrogen) atoms. The smallest absolute Gasteiger partial charge is 0.338 e. The van der Waals surface area contributed by atoms with Gasteiger partial charge in [0.15, 0.2) is 11.5 Å². The lowest BCUT2D eigenvalue weighted by Gasteiger charge is -2.16. The minimum Gasteiger partial charge on any atom is -0.462 e. The molecule has 3 aromatic carbocycles. The van der Waals surface area contributed by atoms with Gasteiger partial charge in [0.2, 0.25) is 0 Å². The van der Waals surface area contributed by atoms with Crippen molar-refractivity contribution in [1.82, 2.24) is 0 Å². The monoisotopic (exact) mass is 550 g/mol. The van der Waals surface area contributed by atoms with E-state index in [-0.39, 0.29) is 28.6 Å². The molecule has 0 radical (unpaired) electrons. The molecule has 0 N–H and O–H groups in total. The molecule has 6 heteroatoms. The number of benzene rings is 3. The SMILES string of the molecule is C=CC(=O)OCC1CCc2cc(-c3cc(C)c(-c4ccc(OC(=O)C(=C)C)c(OC(=O)C(=C)C)c4)cc3C)ccc21. The van der Waals surface area contributed by atoms with Crippen LogP contribution in [0.15, 0.2) is 85.5 Å². The van der Waals surface area contributed by atoms with Gasteiger partial charge in [-0.05, 0) is 97.2 Å². The molecule has 1 aliphatic carbocycles. The quantitative estimate of drug-likeness (QED) is 0.157.